The standard InChI is InChI=1S/C14H24O13/c15-2-5(18)11-10(4(17)1-14(24,27-11)13(22)23)26-12-9(21)8(20)7(19)6(3-16)25-12/h4-12,15-21,24H,1-3H2,(H,22,23)/t4-,5-,6-,7-,8+,9+,10-,11-,12-,14-/m1/s1. The number of ether oxygens (including phenoxy) is 3. The van der Waals surface area contributed by atoms with Crippen LogP contribution in [0, 0.1) is 0 Å². The Labute approximate surface area is 152 Å². The van der Waals surface area contributed by atoms with E-state index in [1.165, 1.54) is 0 Å². The zero-order valence-electron chi connectivity index (χ0n) is 14.0. The lowest BCUT2D eigenvalue weighted by Gasteiger charge is -2.46. The van der Waals surface area contributed by atoms with E-state index in [0.717, 1.165) is 0 Å². The number of aliphatic carboxylic acids is 1. The molecule has 2 aliphatic heterocycles. The Morgan fingerprint density at radius 1 is 1.15 bits per heavy atom. The van der Waals surface area contributed by atoms with Crippen LogP contribution in [-0.4, -0.2) is 126 Å². The van der Waals surface area contributed by atoms with Crippen LogP contribution in [0.1, 0.15) is 6.42 Å². The van der Waals surface area contributed by atoms with Gasteiger partial charge in [-0.2, -0.15) is 0 Å². The smallest absolute Gasteiger partial charge is 0.364 e. The number of aliphatic hydroxyl groups is 8. The maximum absolute atomic E-state index is 11.2. The largest absolute Gasteiger partial charge is 0.477 e. The monoisotopic (exact) mass is 400 g/mol. The van der Waals surface area contributed by atoms with E-state index in [0.29, 0.717) is 0 Å². The highest BCUT2D eigenvalue weighted by Gasteiger charge is 2.55. The average Bonchev–Trinajstić information content (AvgIpc) is 2.62. The van der Waals surface area contributed by atoms with Crippen molar-refractivity contribution in [1.82, 2.24) is 0 Å². The van der Waals surface area contributed by atoms with E-state index in [1.807, 2.05) is 0 Å². The van der Waals surface area contributed by atoms with E-state index in [1.54, 1.807) is 0 Å². The van der Waals surface area contributed by atoms with Gasteiger partial charge in [-0.3, -0.25) is 0 Å². The van der Waals surface area contributed by atoms with E-state index < -0.39 is 86.5 Å². The minimum atomic E-state index is -2.87. The Morgan fingerprint density at radius 3 is 2.30 bits per heavy atom. The van der Waals surface area contributed by atoms with Crippen molar-refractivity contribution in [2.24, 2.45) is 0 Å². The summed E-state index contributed by atoms with van der Waals surface area (Å²) in [5, 5.41) is 86.9. The van der Waals surface area contributed by atoms with Crippen molar-refractivity contribution in [2.45, 2.75) is 67.3 Å². The van der Waals surface area contributed by atoms with Crippen LogP contribution in [0.4, 0.5) is 0 Å². The molecule has 0 unspecified atom stereocenters. The number of hydrogen-bond acceptors (Lipinski definition) is 12. The minimum Gasteiger partial charge on any atom is -0.477 e. The predicted molar refractivity (Wildman–Crippen MR) is 79.8 cm³/mol. The van der Waals surface area contributed by atoms with Crippen molar-refractivity contribution in [2.75, 3.05) is 13.2 Å². The summed E-state index contributed by atoms with van der Waals surface area (Å²) >= 11 is 0. The van der Waals surface area contributed by atoms with Crippen molar-refractivity contribution in [3.05, 3.63) is 0 Å². The van der Waals surface area contributed by atoms with Gasteiger partial charge in [0.05, 0.1) is 19.3 Å². The van der Waals surface area contributed by atoms with Gasteiger partial charge < -0.3 is 60.2 Å². The van der Waals surface area contributed by atoms with Gasteiger partial charge in [0.1, 0.15) is 42.7 Å². The van der Waals surface area contributed by atoms with Crippen LogP contribution in [0.2, 0.25) is 0 Å². The SMILES string of the molecule is O=C(O)[C@@]1(O)C[C@@H](O)[C@@H](O[C@H]2O[C@H](CO)[C@@H](O)[C@H](O)[C@@H]2O)[C@@H]([C@H](O)CO)O1. The third-order valence-corrected chi connectivity index (χ3v) is 4.56. The first-order valence-electron chi connectivity index (χ1n) is 8.12. The summed E-state index contributed by atoms with van der Waals surface area (Å²) in [5.41, 5.74) is 0. The third-order valence-electron chi connectivity index (χ3n) is 4.56. The molecule has 2 saturated heterocycles. The molecule has 0 radical (unpaired) electrons. The summed E-state index contributed by atoms with van der Waals surface area (Å²) in [7, 11) is 0. The first-order valence-corrected chi connectivity index (χ1v) is 8.12. The van der Waals surface area contributed by atoms with E-state index in [9.17, 15) is 40.5 Å². The van der Waals surface area contributed by atoms with Gasteiger partial charge >= 0.3 is 5.97 Å². The van der Waals surface area contributed by atoms with E-state index in [2.05, 4.69) is 0 Å². The average molecular weight is 400 g/mol. The van der Waals surface area contributed by atoms with Gasteiger partial charge in [-0.25, -0.2) is 4.79 Å². The molecule has 0 aliphatic carbocycles. The molecule has 2 aliphatic rings. The maximum atomic E-state index is 11.2. The summed E-state index contributed by atoms with van der Waals surface area (Å²) in [4.78, 5) is 11.2. The quantitative estimate of drug-likeness (QED) is 0.203. The number of carboxylic acid groups (broad SMARTS) is 1. The number of rotatable bonds is 6. The second-order valence-electron chi connectivity index (χ2n) is 6.49. The molecule has 2 heterocycles. The van der Waals surface area contributed by atoms with Crippen molar-refractivity contribution >= 4 is 5.97 Å². The van der Waals surface area contributed by atoms with Crippen LogP contribution in [0.15, 0.2) is 0 Å². The lowest BCUT2D eigenvalue weighted by Crippen LogP contribution is -2.65. The molecule has 27 heavy (non-hydrogen) atoms. The minimum absolute atomic E-state index is 0.740. The predicted octanol–water partition coefficient (Wildman–Crippen LogP) is -5.55. The van der Waals surface area contributed by atoms with Crippen molar-refractivity contribution in [1.29, 1.82) is 0 Å². The zero-order chi connectivity index (χ0) is 20.5. The second-order valence-corrected chi connectivity index (χ2v) is 6.49. The molecule has 13 nitrogen and oxygen atoms in total. The molecule has 0 aromatic heterocycles. The Balaban J connectivity index is 2.23. The van der Waals surface area contributed by atoms with Crippen LogP contribution in [-0.2, 0) is 19.0 Å². The summed E-state index contributed by atoms with van der Waals surface area (Å²) in [6.45, 7) is -1.68. The molecule has 0 saturated carbocycles. The van der Waals surface area contributed by atoms with Gasteiger partial charge in [0.15, 0.2) is 6.29 Å². The van der Waals surface area contributed by atoms with E-state index in [-0.39, 0.29) is 0 Å². The molecule has 0 aromatic rings. The number of aliphatic hydroxyl groups excluding tert-OH is 7. The summed E-state index contributed by atoms with van der Waals surface area (Å²) in [6.07, 6.45) is -16.1. The molecule has 0 aromatic carbocycles. The highest BCUT2D eigenvalue weighted by atomic mass is 16.7. The summed E-state index contributed by atoms with van der Waals surface area (Å²) in [5.74, 6) is -4.71. The van der Waals surface area contributed by atoms with Crippen LogP contribution in [0.25, 0.3) is 0 Å². The Kier molecular flexibility index (Phi) is 7.10. The molecular weight excluding hydrogens is 376 g/mol. The highest BCUT2D eigenvalue weighted by molar-refractivity contribution is 5.75. The molecule has 9 N–H and O–H groups in total. The van der Waals surface area contributed by atoms with Gasteiger partial charge in [0, 0.05) is 6.42 Å². The van der Waals surface area contributed by atoms with Crippen molar-refractivity contribution < 1.29 is 65.0 Å². The molecule has 0 spiro atoms. The van der Waals surface area contributed by atoms with Gasteiger partial charge in [0.2, 0.25) is 0 Å². The maximum Gasteiger partial charge on any atom is 0.364 e. The molecule has 2 rings (SSSR count). The fourth-order valence-corrected chi connectivity index (χ4v) is 3.00. The van der Waals surface area contributed by atoms with Gasteiger partial charge in [-0.15, -0.1) is 0 Å². The lowest BCUT2D eigenvalue weighted by atomic mass is 9.92. The topological polar surface area (TPSA) is 227 Å². The molecule has 13 heteroatoms. The molecular formula is C14H24O13. The van der Waals surface area contributed by atoms with Crippen LogP contribution >= 0.6 is 0 Å². The van der Waals surface area contributed by atoms with Gasteiger partial charge in [0.25, 0.3) is 5.79 Å². The number of hydrogen-bond donors (Lipinski definition) is 9. The second kappa shape index (κ2) is 8.59. The Hall–Kier alpha value is -0.970. The van der Waals surface area contributed by atoms with Crippen molar-refractivity contribution in [3.8, 4) is 0 Å². The fourth-order valence-electron chi connectivity index (χ4n) is 3.00. The molecule has 0 bridgehead atoms. The third kappa shape index (κ3) is 4.38. The summed E-state index contributed by atoms with van der Waals surface area (Å²) in [6, 6.07) is 0. The van der Waals surface area contributed by atoms with E-state index in [4.69, 9.17) is 24.4 Å². The van der Waals surface area contributed by atoms with Crippen LogP contribution < -0.4 is 0 Å². The number of carboxylic acids is 1. The lowest BCUT2D eigenvalue weighted by molar-refractivity contribution is -0.360. The molecule has 0 amide bonds. The fraction of sp³-hybridized carbons (Fsp3) is 0.929. The van der Waals surface area contributed by atoms with Crippen LogP contribution in [0.3, 0.4) is 0 Å². The van der Waals surface area contributed by atoms with E-state index >= 15 is 0 Å². The van der Waals surface area contributed by atoms with Gasteiger partial charge in [-0.1, -0.05) is 0 Å². The first kappa shape index (κ1) is 22.3. The van der Waals surface area contributed by atoms with Crippen LogP contribution in [0.5, 0.6) is 0 Å². The Bertz CT molecular complexity index is 515. The normalized spacial score (nSPS) is 46.8. The highest BCUT2D eigenvalue weighted by Crippen LogP contribution is 2.33. The summed E-state index contributed by atoms with van der Waals surface area (Å²) < 4.78 is 15.3. The van der Waals surface area contributed by atoms with Gasteiger partial charge in [-0.05, 0) is 0 Å². The molecule has 158 valence electrons. The molecule has 2 fully saturated rings. The Morgan fingerprint density at radius 2 is 1.78 bits per heavy atom. The van der Waals surface area contributed by atoms with Crippen molar-refractivity contribution in [3.63, 3.8) is 0 Å². The number of carbonyl (C=O) groups is 1. The molecule has 10 atom stereocenters. The first-order chi connectivity index (χ1) is 12.6. The zero-order valence-corrected chi connectivity index (χ0v) is 14.0.